The summed E-state index contributed by atoms with van der Waals surface area (Å²) >= 11 is 7.68. The molecule has 1 saturated heterocycles. The third-order valence-corrected chi connectivity index (χ3v) is 7.67. The zero-order valence-corrected chi connectivity index (χ0v) is 20.3. The zero-order valence-electron chi connectivity index (χ0n) is 18.8. The van der Waals surface area contributed by atoms with Gasteiger partial charge in [-0.2, -0.15) is 4.98 Å². The summed E-state index contributed by atoms with van der Waals surface area (Å²) in [4.78, 5) is 40.4. The highest BCUT2D eigenvalue weighted by Gasteiger charge is 2.25. The fraction of sp³-hybridized carbons (Fsp3) is 0.391. The van der Waals surface area contributed by atoms with Gasteiger partial charge in [0, 0.05) is 37.9 Å². The van der Waals surface area contributed by atoms with Gasteiger partial charge < -0.3 is 15.1 Å². The minimum absolute atomic E-state index is 0.126. The van der Waals surface area contributed by atoms with Crippen LogP contribution in [0.15, 0.2) is 29.2 Å². The first-order valence-corrected chi connectivity index (χ1v) is 12.1. The summed E-state index contributed by atoms with van der Waals surface area (Å²) < 4.78 is 2.77. The Balaban J connectivity index is 1.65. The van der Waals surface area contributed by atoms with E-state index in [-0.39, 0.29) is 16.9 Å². The first kappa shape index (κ1) is 22.1. The lowest BCUT2D eigenvalue weighted by Crippen LogP contribution is -2.34. The van der Waals surface area contributed by atoms with E-state index in [4.69, 9.17) is 11.6 Å². The van der Waals surface area contributed by atoms with Gasteiger partial charge in [0.25, 0.3) is 5.91 Å². The number of pyridine rings is 1. The SMILES string of the molecule is CN(C)c1ncc2c(=O)c(C(=O)NCCC3CCCN3C)c3sc4ccc(Cl)cc4n3c2n1. The van der Waals surface area contributed by atoms with Crippen molar-refractivity contribution in [3.63, 3.8) is 0 Å². The highest BCUT2D eigenvalue weighted by Crippen LogP contribution is 2.32. The van der Waals surface area contributed by atoms with Crippen molar-refractivity contribution in [2.75, 3.05) is 39.1 Å². The molecule has 0 saturated carbocycles. The summed E-state index contributed by atoms with van der Waals surface area (Å²) in [7, 11) is 5.80. The van der Waals surface area contributed by atoms with Gasteiger partial charge >= 0.3 is 0 Å². The number of nitrogens with one attached hydrogen (secondary N) is 1. The molecule has 1 aliphatic heterocycles. The van der Waals surface area contributed by atoms with Crippen molar-refractivity contribution in [3.8, 4) is 0 Å². The summed E-state index contributed by atoms with van der Waals surface area (Å²) in [5, 5.41) is 3.86. The summed E-state index contributed by atoms with van der Waals surface area (Å²) in [5.41, 5.74) is 1.04. The Kier molecular flexibility index (Phi) is 5.72. The molecule has 0 radical (unpaired) electrons. The van der Waals surface area contributed by atoms with Gasteiger partial charge in [-0.15, -0.1) is 11.3 Å². The molecule has 1 aromatic carbocycles. The summed E-state index contributed by atoms with van der Waals surface area (Å²) in [6, 6.07) is 6.00. The number of benzene rings is 1. The molecule has 1 atom stereocenters. The van der Waals surface area contributed by atoms with Gasteiger partial charge in [0.15, 0.2) is 5.65 Å². The van der Waals surface area contributed by atoms with Crippen molar-refractivity contribution in [1.82, 2.24) is 24.6 Å². The average molecular weight is 485 g/mol. The Hall–Kier alpha value is -2.75. The second-order valence-corrected chi connectivity index (χ2v) is 10.1. The molecule has 1 fully saturated rings. The van der Waals surface area contributed by atoms with Gasteiger partial charge in [-0.1, -0.05) is 11.6 Å². The van der Waals surface area contributed by atoms with Crippen molar-refractivity contribution in [1.29, 1.82) is 0 Å². The van der Waals surface area contributed by atoms with Gasteiger partial charge in [0.05, 0.1) is 15.6 Å². The number of hydrogen-bond acceptors (Lipinski definition) is 7. The lowest BCUT2D eigenvalue weighted by atomic mass is 10.1. The second kappa shape index (κ2) is 8.55. The van der Waals surface area contributed by atoms with Crippen LogP contribution in [0.3, 0.4) is 0 Å². The van der Waals surface area contributed by atoms with E-state index in [1.165, 1.54) is 24.0 Å². The van der Waals surface area contributed by atoms with E-state index in [0.717, 1.165) is 29.6 Å². The number of nitrogens with zero attached hydrogens (tertiary/aromatic N) is 5. The maximum absolute atomic E-state index is 13.5. The van der Waals surface area contributed by atoms with Crippen molar-refractivity contribution in [2.24, 2.45) is 0 Å². The number of carbonyl (C=O) groups is 1. The first-order chi connectivity index (χ1) is 15.8. The molecule has 8 nitrogen and oxygen atoms in total. The Morgan fingerprint density at radius 1 is 1.36 bits per heavy atom. The molecule has 0 spiro atoms. The standard InChI is InChI=1S/C23H25ClN6O2S/c1-28(2)23-26-12-15-19(31)18(21(32)25-9-8-14-5-4-10-29(14)3)22-30(20(15)27-23)16-11-13(24)6-7-17(16)33-22/h6-7,11-12,14H,4-5,8-10H2,1-3H3,(H,25,32). The van der Waals surface area contributed by atoms with E-state index in [1.54, 1.807) is 11.0 Å². The van der Waals surface area contributed by atoms with Crippen molar-refractivity contribution in [3.05, 3.63) is 45.2 Å². The lowest BCUT2D eigenvalue weighted by Gasteiger charge is -2.19. The van der Waals surface area contributed by atoms with Gasteiger partial charge in [-0.05, 0) is 51.1 Å². The number of anilines is 1. The van der Waals surface area contributed by atoms with Crippen LogP contribution in [0, 0.1) is 0 Å². The molecule has 10 heteroatoms. The number of halogens is 1. The normalized spacial score (nSPS) is 16.8. The second-order valence-electron chi connectivity index (χ2n) is 8.68. The molecule has 1 amide bonds. The van der Waals surface area contributed by atoms with Crippen LogP contribution in [0.2, 0.25) is 5.02 Å². The molecular weight excluding hydrogens is 460 g/mol. The maximum Gasteiger partial charge on any atom is 0.258 e. The summed E-state index contributed by atoms with van der Waals surface area (Å²) in [5.74, 6) is 0.115. The van der Waals surface area contributed by atoms with E-state index >= 15 is 0 Å². The molecular formula is C23H25ClN6O2S. The molecule has 4 aromatic rings. The number of rotatable bonds is 5. The van der Waals surface area contributed by atoms with E-state index in [9.17, 15) is 9.59 Å². The van der Waals surface area contributed by atoms with E-state index < -0.39 is 0 Å². The van der Waals surface area contributed by atoms with Crippen LogP contribution in [0.5, 0.6) is 0 Å². The summed E-state index contributed by atoms with van der Waals surface area (Å²) in [6.45, 7) is 1.61. The molecule has 1 unspecified atom stereocenters. The highest BCUT2D eigenvalue weighted by molar-refractivity contribution is 7.24. The van der Waals surface area contributed by atoms with Crippen LogP contribution in [0.4, 0.5) is 5.95 Å². The summed E-state index contributed by atoms with van der Waals surface area (Å²) in [6.07, 6.45) is 4.68. The van der Waals surface area contributed by atoms with Gasteiger partial charge in [-0.25, -0.2) is 4.98 Å². The Morgan fingerprint density at radius 2 is 2.18 bits per heavy atom. The van der Waals surface area contributed by atoms with Crippen molar-refractivity contribution in [2.45, 2.75) is 25.3 Å². The van der Waals surface area contributed by atoms with Gasteiger partial charge in [-0.3, -0.25) is 14.0 Å². The quantitative estimate of drug-likeness (QED) is 0.467. The predicted molar refractivity (Wildman–Crippen MR) is 134 cm³/mol. The van der Waals surface area contributed by atoms with E-state index in [2.05, 4.69) is 27.2 Å². The number of hydrogen-bond donors (Lipinski definition) is 1. The van der Waals surface area contributed by atoms with Crippen LogP contribution < -0.4 is 15.6 Å². The van der Waals surface area contributed by atoms with Crippen LogP contribution >= 0.6 is 22.9 Å². The Morgan fingerprint density at radius 3 is 2.91 bits per heavy atom. The molecule has 33 heavy (non-hydrogen) atoms. The number of likely N-dealkylation sites (tertiary alicyclic amines) is 1. The molecule has 5 rings (SSSR count). The largest absolute Gasteiger partial charge is 0.352 e. The van der Waals surface area contributed by atoms with Crippen LogP contribution in [0.25, 0.3) is 26.1 Å². The topological polar surface area (TPSA) is 82.8 Å². The molecule has 1 N–H and O–H groups in total. The van der Waals surface area contributed by atoms with Gasteiger partial charge in [0.2, 0.25) is 11.4 Å². The lowest BCUT2D eigenvalue weighted by molar-refractivity contribution is 0.0951. The monoisotopic (exact) mass is 484 g/mol. The Bertz CT molecular complexity index is 1450. The zero-order chi connectivity index (χ0) is 23.3. The maximum atomic E-state index is 13.5. The number of carbonyl (C=O) groups excluding carboxylic acids is 1. The first-order valence-electron chi connectivity index (χ1n) is 10.9. The van der Waals surface area contributed by atoms with Crippen LogP contribution in [-0.4, -0.2) is 65.5 Å². The molecule has 4 heterocycles. The van der Waals surface area contributed by atoms with Crippen molar-refractivity contribution >= 4 is 60.9 Å². The number of aromatic nitrogens is 3. The predicted octanol–water partition coefficient (Wildman–Crippen LogP) is 3.39. The Labute approximate surface area is 199 Å². The molecule has 0 bridgehead atoms. The minimum atomic E-state index is -0.366. The minimum Gasteiger partial charge on any atom is -0.352 e. The van der Waals surface area contributed by atoms with E-state index in [1.807, 2.05) is 30.6 Å². The fourth-order valence-corrected chi connectivity index (χ4v) is 5.84. The fourth-order valence-electron chi connectivity index (χ4n) is 4.51. The third-order valence-electron chi connectivity index (χ3n) is 6.29. The molecule has 172 valence electrons. The highest BCUT2D eigenvalue weighted by atomic mass is 35.5. The van der Waals surface area contributed by atoms with Crippen molar-refractivity contribution < 1.29 is 4.79 Å². The van der Waals surface area contributed by atoms with E-state index in [0.29, 0.717) is 39.4 Å². The average Bonchev–Trinajstić information content (AvgIpc) is 3.36. The smallest absolute Gasteiger partial charge is 0.258 e. The number of thiazole rings is 1. The van der Waals surface area contributed by atoms with Crippen LogP contribution in [0.1, 0.15) is 29.6 Å². The third kappa shape index (κ3) is 3.84. The van der Waals surface area contributed by atoms with Gasteiger partial charge in [0.1, 0.15) is 10.4 Å². The number of amides is 1. The van der Waals surface area contributed by atoms with Crippen LogP contribution in [-0.2, 0) is 0 Å². The number of fused-ring (bicyclic) bond motifs is 5. The molecule has 0 aliphatic carbocycles. The molecule has 1 aliphatic rings. The molecule has 3 aromatic heterocycles.